The minimum Gasteiger partial charge on any atom is -0.454 e. The van der Waals surface area contributed by atoms with Gasteiger partial charge in [0.1, 0.15) is 0 Å². The van der Waals surface area contributed by atoms with E-state index in [-0.39, 0.29) is 23.8 Å². The Kier molecular flexibility index (Phi) is 7.09. The quantitative estimate of drug-likeness (QED) is 0.525. The second-order valence-corrected chi connectivity index (χ2v) is 7.05. The number of ether oxygens (including phenoxy) is 1. The first kappa shape index (κ1) is 22.1. The number of rotatable bonds is 8. The van der Waals surface area contributed by atoms with E-state index in [1.54, 1.807) is 26.0 Å². The van der Waals surface area contributed by atoms with Crippen LogP contribution in [-0.4, -0.2) is 34.5 Å². The van der Waals surface area contributed by atoms with E-state index < -0.39 is 23.9 Å². The summed E-state index contributed by atoms with van der Waals surface area (Å²) in [4.78, 5) is 51.4. The number of H-pyrrole nitrogens is 1. The van der Waals surface area contributed by atoms with Gasteiger partial charge in [-0.15, -0.1) is 0 Å². The smallest absolute Gasteiger partial charge is 0.308 e. The van der Waals surface area contributed by atoms with Gasteiger partial charge in [-0.1, -0.05) is 30.3 Å². The zero-order chi connectivity index (χ0) is 21.7. The second kappa shape index (κ2) is 9.32. The Balaban J connectivity index is 2.11. The monoisotopic (exact) mass is 398 g/mol. The molecule has 7 nitrogen and oxygen atoms in total. The highest BCUT2D eigenvalue weighted by Crippen LogP contribution is 2.22. The first-order valence-electron chi connectivity index (χ1n) is 9.37. The Morgan fingerprint density at radius 1 is 1.07 bits per heavy atom. The molecule has 0 bridgehead atoms. The van der Waals surface area contributed by atoms with Gasteiger partial charge in [-0.3, -0.25) is 19.2 Å². The zero-order valence-electron chi connectivity index (χ0n) is 17.3. The number of hydrogen-bond acceptors (Lipinski definition) is 5. The normalized spacial score (nSPS) is 12.7. The van der Waals surface area contributed by atoms with E-state index in [4.69, 9.17) is 4.74 Å². The largest absolute Gasteiger partial charge is 0.454 e. The highest BCUT2D eigenvalue weighted by molar-refractivity contribution is 6.05. The molecule has 0 fully saturated rings. The molecule has 0 saturated carbocycles. The van der Waals surface area contributed by atoms with E-state index in [9.17, 15) is 19.2 Å². The number of carbonyl (C=O) groups is 4. The van der Waals surface area contributed by atoms with Crippen molar-refractivity contribution in [2.24, 2.45) is 0 Å². The van der Waals surface area contributed by atoms with E-state index in [0.29, 0.717) is 16.8 Å². The van der Waals surface area contributed by atoms with E-state index >= 15 is 0 Å². The lowest BCUT2D eigenvalue weighted by atomic mass is 10.0. The first-order chi connectivity index (χ1) is 13.6. The van der Waals surface area contributed by atoms with Gasteiger partial charge in [0.15, 0.2) is 11.9 Å². The molecule has 0 aliphatic rings. The highest BCUT2D eigenvalue weighted by Gasteiger charge is 2.27. The maximum atomic E-state index is 12.7. The Bertz CT molecular complexity index is 930. The minimum absolute atomic E-state index is 0.108. The lowest BCUT2D eigenvalue weighted by molar-refractivity contribution is -0.147. The number of aryl methyl sites for hydroxylation is 1. The van der Waals surface area contributed by atoms with Crippen molar-refractivity contribution in [3.8, 4) is 0 Å². The Morgan fingerprint density at radius 2 is 1.69 bits per heavy atom. The predicted octanol–water partition coefficient (Wildman–Crippen LogP) is 3.22. The van der Waals surface area contributed by atoms with Gasteiger partial charge in [0.05, 0.1) is 18.2 Å². The number of aromatic amines is 1. The molecule has 0 radical (unpaired) electrons. The Morgan fingerprint density at radius 3 is 2.21 bits per heavy atom. The topological polar surface area (TPSA) is 105 Å². The summed E-state index contributed by atoms with van der Waals surface area (Å²) in [6.07, 6.45) is -1.14. The van der Waals surface area contributed by atoms with Crippen LogP contribution in [0.5, 0.6) is 0 Å². The fraction of sp³-hybridized carbons (Fsp3) is 0.364. The number of carbonyl (C=O) groups excluding carboxylic acids is 4. The number of nitrogens with one attached hydrogen (secondary N) is 2. The summed E-state index contributed by atoms with van der Waals surface area (Å²) in [6.45, 7) is 7.70. The number of ketones is 2. The SMILES string of the molecule is CC(=O)N[C@H](CC(=O)O[C@H](C)C(=O)c1[nH]c(C)c(C(C)=O)c1C)c1ccccc1. The van der Waals surface area contributed by atoms with Crippen molar-refractivity contribution in [1.29, 1.82) is 0 Å². The van der Waals surface area contributed by atoms with Crippen LogP contribution in [0.25, 0.3) is 0 Å². The third-order valence-corrected chi connectivity index (χ3v) is 4.66. The summed E-state index contributed by atoms with van der Waals surface area (Å²) >= 11 is 0. The molecule has 0 aliphatic carbocycles. The van der Waals surface area contributed by atoms with Crippen LogP contribution in [0.4, 0.5) is 0 Å². The molecule has 0 spiro atoms. The summed E-state index contributed by atoms with van der Waals surface area (Å²) in [5.41, 5.74) is 2.65. The van der Waals surface area contributed by atoms with Crippen LogP contribution in [-0.2, 0) is 14.3 Å². The van der Waals surface area contributed by atoms with E-state index in [2.05, 4.69) is 10.3 Å². The fourth-order valence-electron chi connectivity index (χ4n) is 3.38. The molecule has 2 atom stereocenters. The molecule has 7 heteroatoms. The van der Waals surface area contributed by atoms with Gasteiger partial charge >= 0.3 is 5.97 Å². The van der Waals surface area contributed by atoms with Crippen LogP contribution in [0.3, 0.4) is 0 Å². The fourth-order valence-corrected chi connectivity index (χ4v) is 3.38. The zero-order valence-corrected chi connectivity index (χ0v) is 17.3. The van der Waals surface area contributed by atoms with Gasteiger partial charge < -0.3 is 15.0 Å². The van der Waals surface area contributed by atoms with Gasteiger partial charge in [-0.25, -0.2) is 0 Å². The average molecular weight is 398 g/mol. The van der Waals surface area contributed by atoms with Gasteiger partial charge in [0.2, 0.25) is 11.7 Å². The van der Waals surface area contributed by atoms with Crippen LogP contribution < -0.4 is 5.32 Å². The summed E-state index contributed by atoms with van der Waals surface area (Å²) < 4.78 is 5.32. The summed E-state index contributed by atoms with van der Waals surface area (Å²) in [5, 5.41) is 2.73. The van der Waals surface area contributed by atoms with Crippen molar-refractivity contribution in [2.75, 3.05) is 0 Å². The number of hydrogen-bond donors (Lipinski definition) is 2. The first-order valence-corrected chi connectivity index (χ1v) is 9.37. The van der Waals surface area contributed by atoms with E-state index in [1.165, 1.54) is 20.8 Å². The third-order valence-electron chi connectivity index (χ3n) is 4.66. The number of benzene rings is 1. The molecule has 2 N–H and O–H groups in total. The Labute approximate surface area is 169 Å². The molecule has 0 aliphatic heterocycles. The van der Waals surface area contributed by atoms with Crippen molar-refractivity contribution in [1.82, 2.24) is 10.3 Å². The summed E-state index contributed by atoms with van der Waals surface area (Å²) in [7, 11) is 0. The van der Waals surface area contributed by atoms with Crippen LogP contribution in [0.15, 0.2) is 30.3 Å². The lowest BCUT2D eigenvalue weighted by Crippen LogP contribution is -2.31. The van der Waals surface area contributed by atoms with Crippen molar-refractivity contribution in [3.05, 3.63) is 58.4 Å². The minimum atomic E-state index is -1.03. The molecular formula is C22H26N2O5. The molecule has 0 unspecified atom stereocenters. The standard InChI is InChI=1S/C22H26N2O5/c1-12-20(14(3)25)13(2)23-21(12)22(28)15(4)29-19(27)11-18(24-16(5)26)17-9-7-6-8-10-17/h6-10,15,18,23H,11H2,1-5H3,(H,24,26)/t15-,18-/m1/s1. The van der Waals surface area contributed by atoms with E-state index in [1.807, 2.05) is 18.2 Å². The van der Waals surface area contributed by atoms with Gasteiger partial charge in [0.25, 0.3) is 0 Å². The summed E-state index contributed by atoms with van der Waals surface area (Å²) in [5.74, 6) is -1.44. The van der Waals surface area contributed by atoms with Crippen molar-refractivity contribution < 1.29 is 23.9 Å². The van der Waals surface area contributed by atoms with Gasteiger partial charge in [-0.05, 0) is 38.8 Å². The van der Waals surface area contributed by atoms with Crippen molar-refractivity contribution in [3.63, 3.8) is 0 Å². The average Bonchev–Trinajstić information content (AvgIpc) is 2.95. The molecule has 1 amide bonds. The second-order valence-electron chi connectivity index (χ2n) is 7.05. The molecular weight excluding hydrogens is 372 g/mol. The Hall–Kier alpha value is -3.22. The highest BCUT2D eigenvalue weighted by atomic mass is 16.5. The third kappa shape index (κ3) is 5.40. The molecule has 1 aromatic heterocycles. The van der Waals surface area contributed by atoms with E-state index in [0.717, 1.165) is 5.56 Å². The molecule has 1 aromatic carbocycles. The van der Waals surface area contributed by atoms with Crippen molar-refractivity contribution in [2.45, 2.75) is 53.2 Å². The van der Waals surface area contributed by atoms with Crippen LogP contribution in [0.2, 0.25) is 0 Å². The summed E-state index contributed by atoms with van der Waals surface area (Å²) in [6, 6.07) is 8.51. The number of Topliss-reactive ketones (excluding diaryl/α,β-unsaturated/α-hetero) is 2. The molecule has 29 heavy (non-hydrogen) atoms. The lowest BCUT2D eigenvalue weighted by Gasteiger charge is -2.19. The van der Waals surface area contributed by atoms with Gasteiger partial charge in [0, 0.05) is 18.2 Å². The van der Waals surface area contributed by atoms with Crippen LogP contribution >= 0.6 is 0 Å². The maximum Gasteiger partial charge on any atom is 0.308 e. The molecule has 2 aromatic rings. The van der Waals surface area contributed by atoms with Crippen LogP contribution in [0, 0.1) is 13.8 Å². The number of aromatic nitrogens is 1. The molecule has 2 rings (SSSR count). The molecule has 1 heterocycles. The molecule has 0 saturated heterocycles. The van der Waals surface area contributed by atoms with Crippen LogP contribution in [0.1, 0.15) is 70.9 Å². The van der Waals surface area contributed by atoms with Crippen molar-refractivity contribution >= 4 is 23.4 Å². The maximum absolute atomic E-state index is 12.7. The number of esters is 1. The molecule has 154 valence electrons. The predicted molar refractivity (Wildman–Crippen MR) is 108 cm³/mol. The number of amides is 1. The van der Waals surface area contributed by atoms with Gasteiger partial charge in [-0.2, -0.15) is 0 Å².